The molecule has 2 N–H and O–H groups in total. The largest absolute Gasteiger partial charge is 0.416 e. The van der Waals surface area contributed by atoms with E-state index in [1.165, 1.54) is 12.1 Å². The first-order chi connectivity index (χ1) is 7.45. The summed E-state index contributed by atoms with van der Waals surface area (Å²) in [5, 5.41) is 12.5. The first-order valence-corrected chi connectivity index (χ1v) is 4.95. The van der Waals surface area contributed by atoms with Crippen LogP contribution in [0.4, 0.5) is 13.2 Å². The quantitative estimate of drug-likeness (QED) is 0.836. The maximum atomic E-state index is 12.3. The van der Waals surface area contributed by atoms with Gasteiger partial charge in [-0.1, -0.05) is 12.1 Å². The molecule has 1 aromatic carbocycles. The minimum atomic E-state index is -4.32. The molecule has 0 saturated carbocycles. The van der Waals surface area contributed by atoms with Crippen molar-refractivity contribution in [2.45, 2.75) is 18.7 Å². The van der Waals surface area contributed by atoms with E-state index >= 15 is 0 Å². The molecule has 5 heteroatoms. The van der Waals surface area contributed by atoms with Crippen molar-refractivity contribution in [1.82, 2.24) is 5.32 Å². The van der Waals surface area contributed by atoms with E-state index in [0.29, 0.717) is 18.5 Å². The van der Waals surface area contributed by atoms with Gasteiger partial charge in [-0.15, -0.1) is 0 Å². The van der Waals surface area contributed by atoms with Crippen LogP contribution in [-0.2, 0) is 6.18 Å². The highest BCUT2D eigenvalue weighted by Crippen LogP contribution is 2.30. The number of halogens is 3. The summed E-state index contributed by atoms with van der Waals surface area (Å²) in [5.74, 6) is 0. The first-order valence-electron chi connectivity index (χ1n) is 4.95. The van der Waals surface area contributed by atoms with Crippen molar-refractivity contribution in [2.75, 3.05) is 13.6 Å². The molecule has 0 aliphatic carbocycles. The van der Waals surface area contributed by atoms with Gasteiger partial charge >= 0.3 is 6.18 Å². The molecule has 1 rings (SSSR count). The zero-order chi connectivity index (χ0) is 12.2. The minimum Gasteiger partial charge on any atom is -0.388 e. The lowest BCUT2D eigenvalue weighted by atomic mass is 10.0. The highest BCUT2D eigenvalue weighted by atomic mass is 19.4. The Morgan fingerprint density at radius 2 is 1.81 bits per heavy atom. The standard InChI is InChI=1S/C11H14F3NO/c1-15-7-6-10(16)8-2-4-9(5-3-8)11(12,13)14/h2-5,10,15-16H,6-7H2,1H3/t10-/m1/s1. The van der Waals surface area contributed by atoms with Crippen molar-refractivity contribution in [1.29, 1.82) is 0 Å². The molecule has 1 atom stereocenters. The van der Waals surface area contributed by atoms with Gasteiger partial charge in [0.1, 0.15) is 0 Å². The molecule has 2 nitrogen and oxygen atoms in total. The van der Waals surface area contributed by atoms with Gasteiger partial charge < -0.3 is 10.4 Å². The Labute approximate surface area is 92.1 Å². The Bertz CT molecular complexity index is 321. The maximum Gasteiger partial charge on any atom is 0.416 e. The number of nitrogens with one attached hydrogen (secondary N) is 1. The van der Waals surface area contributed by atoms with Crippen LogP contribution >= 0.6 is 0 Å². The van der Waals surface area contributed by atoms with Crippen molar-refractivity contribution in [3.8, 4) is 0 Å². The lowest BCUT2D eigenvalue weighted by Crippen LogP contribution is -2.12. The van der Waals surface area contributed by atoms with Gasteiger partial charge in [0, 0.05) is 0 Å². The molecule has 1 aromatic rings. The zero-order valence-electron chi connectivity index (χ0n) is 8.88. The van der Waals surface area contributed by atoms with Gasteiger partial charge in [0.25, 0.3) is 0 Å². The summed E-state index contributed by atoms with van der Waals surface area (Å²) in [7, 11) is 1.75. The third-order valence-corrected chi connectivity index (χ3v) is 2.29. The summed E-state index contributed by atoms with van der Waals surface area (Å²) in [6.07, 6.45) is -4.58. The van der Waals surface area contributed by atoms with Crippen molar-refractivity contribution in [3.63, 3.8) is 0 Å². The predicted molar refractivity (Wildman–Crippen MR) is 54.9 cm³/mol. The summed E-state index contributed by atoms with van der Waals surface area (Å²) in [6, 6.07) is 4.59. The normalized spacial score (nSPS) is 13.8. The fraction of sp³-hybridized carbons (Fsp3) is 0.455. The van der Waals surface area contributed by atoms with Crippen LogP contribution in [0.15, 0.2) is 24.3 Å². The third-order valence-electron chi connectivity index (χ3n) is 2.29. The fourth-order valence-corrected chi connectivity index (χ4v) is 1.34. The predicted octanol–water partition coefficient (Wildman–Crippen LogP) is 2.35. The van der Waals surface area contributed by atoms with Gasteiger partial charge in [0.05, 0.1) is 11.7 Å². The summed E-state index contributed by atoms with van der Waals surface area (Å²) >= 11 is 0. The van der Waals surface area contributed by atoms with E-state index in [2.05, 4.69) is 5.32 Å². The second-order valence-electron chi connectivity index (χ2n) is 3.53. The Kier molecular flexibility index (Phi) is 4.32. The molecule has 16 heavy (non-hydrogen) atoms. The molecule has 0 unspecified atom stereocenters. The zero-order valence-corrected chi connectivity index (χ0v) is 8.88. The van der Waals surface area contributed by atoms with Crippen LogP contribution in [0.5, 0.6) is 0 Å². The number of hydrogen-bond acceptors (Lipinski definition) is 2. The van der Waals surface area contributed by atoms with E-state index in [0.717, 1.165) is 12.1 Å². The van der Waals surface area contributed by atoms with E-state index in [1.54, 1.807) is 7.05 Å². The molecule has 0 radical (unpaired) electrons. The molecule has 0 saturated heterocycles. The topological polar surface area (TPSA) is 32.3 Å². The van der Waals surface area contributed by atoms with Crippen molar-refractivity contribution in [2.24, 2.45) is 0 Å². The first kappa shape index (κ1) is 13.0. The van der Waals surface area contributed by atoms with Crippen molar-refractivity contribution in [3.05, 3.63) is 35.4 Å². The average molecular weight is 233 g/mol. The summed E-state index contributed by atoms with van der Waals surface area (Å²) in [5.41, 5.74) is -0.194. The van der Waals surface area contributed by atoms with Gasteiger partial charge in [-0.2, -0.15) is 13.2 Å². The average Bonchev–Trinajstić information content (AvgIpc) is 2.25. The number of rotatable bonds is 4. The molecule has 0 aliphatic heterocycles. The molecule has 0 aromatic heterocycles. The lowest BCUT2D eigenvalue weighted by Gasteiger charge is -2.12. The molecule has 0 fully saturated rings. The fourth-order valence-electron chi connectivity index (χ4n) is 1.34. The highest BCUT2D eigenvalue weighted by Gasteiger charge is 2.30. The summed E-state index contributed by atoms with van der Waals surface area (Å²) < 4.78 is 36.8. The molecular weight excluding hydrogens is 219 g/mol. The van der Waals surface area contributed by atoms with E-state index in [1.807, 2.05) is 0 Å². The number of hydrogen-bond donors (Lipinski definition) is 2. The molecule has 0 heterocycles. The third kappa shape index (κ3) is 3.50. The highest BCUT2D eigenvalue weighted by molar-refractivity contribution is 5.25. The monoisotopic (exact) mass is 233 g/mol. The number of aliphatic hydroxyl groups excluding tert-OH is 1. The molecular formula is C11H14F3NO. The Morgan fingerprint density at radius 3 is 2.25 bits per heavy atom. The van der Waals surface area contributed by atoms with E-state index in [9.17, 15) is 18.3 Å². The number of aliphatic hydroxyl groups is 1. The van der Waals surface area contributed by atoms with E-state index < -0.39 is 17.8 Å². The van der Waals surface area contributed by atoms with Gasteiger partial charge in [0.2, 0.25) is 0 Å². The van der Waals surface area contributed by atoms with Gasteiger partial charge in [0.15, 0.2) is 0 Å². The van der Waals surface area contributed by atoms with E-state index in [-0.39, 0.29) is 0 Å². The van der Waals surface area contributed by atoms with Crippen LogP contribution in [0, 0.1) is 0 Å². The Hall–Kier alpha value is -1.07. The van der Waals surface area contributed by atoms with Gasteiger partial charge in [-0.05, 0) is 37.7 Å². The Morgan fingerprint density at radius 1 is 1.25 bits per heavy atom. The second-order valence-corrected chi connectivity index (χ2v) is 3.53. The SMILES string of the molecule is CNCC[C@@H](O)c1ccc(C(F)(F)F)cc1. The number of alkyl halides is 3. The smallest absolute Gasteiger partial charge is 0.388 e. The number of benzene rings is 1. The molecule has 90 valence electrons. The van der Waals surface area contributed by atoms with E-state index in [4.69, 9.17) is 0 Å². The van der Waals surface area contributed by atoms with Crippen LogP contribution in [-0.4, -0.2) is 18.7 Å². The van der Waals surface area contributed by atoms with Crippen molar-refractivity contribution < 1.29 is 18.3 Å². The van der Waals surface area contributed by atoms with Gasteiger partial charge in [-0.3, -0.25) is 0 Å². The van der Waals surface area contributed by atoms with Crippen LogP contribution in [0.25, 0.3) is 0 Å². The maximum absolute atomic E-state index is 12.3. The summed E-state index contributed by atoms with van der Waals surface area (Å²) in [6.45, 7) is 0.613. The van der Waals surface area contributed by atoms with Crippen LogP contribution < -0.4 is 5.32 Å². The molecule has 0 aliphatic rings. The lowest BCUT2D eigenvalue weighted by molar-refractivity contribution is -0.137. The molecule has 0 amide bonds. The van der Waals surface area contributed by atoms with Gasteiger partial charge in [-0.25, -0.2) is 0 Å². The Balaban J connectivity index is 2.71. The second kappa shape index (κ2) is 5.32. The van der Waals surface area contributed by atoms with Crippen molar-refractivity contribution >= 4 is 0 Å². The summed E-state index contributed by atoms with van der Waals surface area (Å²) in [4.78, 5) is 0. The minimum absolute atomic E-state index is 0.474. The molecule has 0 spiro atoms. The molecule has 0 bridgehead atoms. The van der Waals surface area contributed by atoms with Crippen LogP contribution in [0.1, 0.15) is 23.7 Å². The van der Waals surface area contributed by atoms with Crippen LogP contribution in [0.3, 0.4) is 0 Å². The van der Waals surface area contributed by atoms with Crippen LogP contribution in [0.2, 0.25) is 0 Å².